The number of rotatable bonds is 6. The van der Waals surface area contributed by atoms with Crippen LogP contribution >= 0.6 is 15.9 Å². The SMILES string of the molecule is CCCC1(CCC)c2cc(Br)ccc2-c2c1cc(O)c1cc(OC)c(OC)cc21. The van der Waals surface area contributed by atoms with Crippen LogP contribution in [-0.4, -0.2) is 19.3 Å². The number of phenolic OH excluding ortho intramolecular Hbond substituents is 1. The van der Waals surface area contributed by atoms with Crippen LogP contribution in [0, 0.1) is 0 Å². The van der Waals surface area contributed by atoms with Crippen LogP contribution < -0.4 is 9.47 Å². The summed E-state index contributed by atoms with van der Waals surface area (Å²) < 4.78 is 12.2. The van der Waals surface area contributed by atoms with Crippen molar-refractivity contribution in [1.29, 1.82) is 0 Å². The first-order valence-electron chi connectivity index (χ1n) is 10.2. The van der Waals surface area contributed by atoms with Crippen LogP contribution in [0.5, 0.6) is 17.2 Å². The fourth-order valence-corrected chi connectivity index (χ4v) is 5.55. The summed E-state index contributed by atoms with van der Waals surface area (Å²) in [5, 5.41) is 12.8. The second-order valence-electron chi connectivity index (χ2n) is 7.84. The lowest BCUT2D eigenvalue weighted by Crippen LogP contribution is -2.25. The molecule has 3 aromatic carbocycles. The predicted octanol–water partition coefficient (Wildman–Crippen LogP) is 7.19. The van der Waals surface area contributed by atoms with E-state index in [2.05, 4.69) is 48.0 Å². The van der Waals surface area contributed by atoms with Crippen molar-refractivity contribution in [2.75, 3.05) is 14.2 Å². The van der Waals surface area contributed by atoms with Crippen LogP contribution in [-0.2, 0) is 5.41 Å². The van der Waals surface area contributed by atoms with Crippen LogP contribution in [0.2, 0.25) is 0 Å². The van der Waals surface area contributed by atoms with Gasteiger partial charge in [0.15, 0.2) is 11.5 Å². The number of ether oxygens (including phenoxy) is 2. The fourth-order valence-electron chi connectivity index (χ4n) is 5.19. The minimum atomic E-state index is -0.0865. The average molecular weight is 455 g/mol. The van der Waals surface area contributed by atoms with Gasteiger partial charge >= 0.3 is 0 Å². The van der Waals surface area contributed by atoms with E-state index in [0.717, 1.165) is 40.9 Å². The van der Waals surface area contributed by atoms with Crippen molar-refractivity contribution in [2.24, 2.45) is 0 Å². The van der Waals surface area contributed by atoms with E-state index in [1.807, 2.05) is 18.2 Å². The Hall–Kier alpha value is -2.20. The van der Waals surface area contributed by atoms with Gasteiger partial charge in [0.2, 0.25) is 0 Å². The first-order chi connectivity index (χ1) is 14.0. The van der Waals surface area contributed by atoms with Crippen LogP contribution in [0.3, 0.4) is 0 Å². The molecule has 0 unspecified atom stereocenters. The standard InChI is InChI=1S/C25H27BrO3/c1-5-9-25(10-6-2)19-11-15(26)7-8-16(19)24-18-13-23(29-4)22(28-3)12-17(18)21(27)14-20(24)25/h7-8,11-14,27H,5-6,9-10H2,1-4H3. The number of hydrogen-bond donors (Lipinski definition) is 1. The van der Waals surface area contributed by atoms with E-state index in [1.54, 1.807) is 14.2 Å². The molecule has 1 aliphatic carbocycles. The zero-order chi connectivity index (χ0) is 20.8. The lowest BCUT2D eigenvalue weighted by molar-refractivity contribution is 0.355. The monoisotopic (exact) mass is 454 g/mol. The second kappa shape index (κ2) is 7.56. The van der Waals surface area contributed by atoms with E-state index in [0.29, 0.717) is 17.2 Å². The molecule has 0 aliphatic heterocycles. The van der Waals surface area contributed by atoms with Crippen molar-refractivity contribution in [1.82, 2.24) is 0 Å². The Bertz CT molecular complexity index is 1080. The lowest BCUT2D eigenvalue weighted by Gasteiger charge is -2.32. The topological polar surface area (TPSA) is 38.7 Å². The molecular formula is C25H27BrO3. The average Bonchev–Trinajstić information content (AvgIpc) is 2.97. The van der Waals surface area contributed by atoms with Gasteiger partial charge in [0.05, 0.1) is 14.2 Å². The van der Waals surface area contributed by atoms with Gasteiger partial charge in [-0.25, -0.2) is 0 Å². The zero-order valence-corrected chi connectivity index (χ0v) is 19.0. The van der Waals surface area contributed by atoms with Crippen molar-refractivity contribution >= 4 is 26.7 Å². The molecule has 29 heavy (non-hydrogen) atoms. The van der Waals surface area contributed by atoms with Crippen LogP contribution in [0.4, 0.5) is 0 Å². The number of fused-ring (bicyclic) bond motifs is 5. The van der Waals surface area contributed by atoms with Gasteiger partial charge in [-0.05, 0) is 70.8 Å². The summed E-state index contributed by atoms with van der Waals surface area (Å²) in [5.41, 5.74) is 4.96. The summed E-state index contributed by atoms with van der Waals surface area (Å²) in [7, 11) is 3.27. The van der Waals surface area contributed by atoms with Gasteiger partial charge < -0.3 is 14.6 Å². The Morgan fingerprint density at radius 3 is 2.07 bits per heavy atom. The molecular weight excluding hydrogens is 428 g/mol. The molecule has 0 bridgehead atoms. The Balaban J connectivity index is 2.16. The molecule has 4 rings (SSSR count). The van der Waals surface area contributed by atoms with Gasteiger partial charge in [-0.1, -0.05) is 48.7 Å². The third kappa shape index (κ3) is 2.92. The Kier molecular flexibility index (Phi) is 5.24. The highest BCUT2D eigenvalue weighted by Crippen LogP contribution is 2.58. The number of halogens is 1. The normalized spacial score (nSPS) is 14.0. The molecule has 0 heterocycles. The molecule has 3 aromatic rings. The van der Waals surface area contributed by atoms with E-state index < -0.39 is 0 Å². The number of phenols is 1. The Morgan fingerprint density at radius 2 is 1.48 bits per heavy atom. The summed E-state index contributed by atoms with van der Waals surface area (Å²) in [4.78, 5) is 0. The molecule has 0 atom stereocenters. The zero-order valence-electron chi connectivity index (χ0n) is 17.4. The van der Waals surface area contributed by atoms with Crippen molar-refractivity contribution in [2.45, 2.75) is 44.9 Å². The van der Waals surface area contributed by atoms with Crippen LogP contribution in [0.25, 0.3) is 21.9 Å². The van der Waals surface area contributed by atoms with E-state index in [4.69, 9.17) is 9.47 Å². The largest absolute Gasteiger partial charge is 0.507 e. The number of aromatic hydroxyl groups is 1. The van der Waals surface area contributed by atoms with Crippen molar-refractivity contribution in [3.8, 4) is 28.4 Å². The number of benzene rings is 3. The van der Waals surface area contributed by atoms with E-state index in [-0.39, 0.29) is 5.41 Å². The van der Waals surface area contributed by atoms with Crippen LogP contribution in [0.1, 0.15) is 50.7 Å². The van der Waals surface area contributed by atoms with E-state index in [1.165, 1.54) is 22.3 Å². The maximum Gasteiger partial charge on any atom is 0.161 e. The maximum atomic E-state index is 11.0. The van der Waals surface area contributed by atoms with E-state index >= 15 is 0 Å². The van der Waals surface area contributed by atoms with Crippen LogP contribution in [0.15, 0.2) is 40.9 Å². The maximum absolute atomic E-state index is 11.0. The molecule has 1 aliphatic rings. The summed E-state index contributed by atoms with van der Waals surface area (Å²) in [6, 6.07) is 12.5. The first-order valence-corrected chi connectivity index (χ1v) is 11.0. The Morgan fingerprint density at radius 1 is 0.862 bits per heavy atom. The molecule has 4 heteroatoms. The number of hydrogen-bond acceptors (Lipinski definition) is 3. The molecule has 0 saturated carbocycles. The van der Waals surface area contributed by atoms with Crippen molar-refractivity contribution in [3.05, 3.63) is 52.0 Å². The molecule has 152 valence electrons. The summed E-state index contributed by atoms with van der Waals surface area (Å²) >= 11 is 3.68. The van der Waals surface area contributed by atoms with Gasteiger partial charge in [-0.3, -0.25) is 0 Å². The summed E-state index contributed by atoms with van der Waals surface area (Å²) in [5.74, 6) is 1.59. The lowest BCUT2D eigenvalue weighted by atomic mass is 9.71. The summed E-state index contributed by atoms with van der Waals surface area (Å²) in [6.45, 7) is 4.48. The van der Waals surface area contributed by atoms with Gasteiger partial charge in [0.1, 0.15) is 5.75 Å². The highest BCUT2D eigenvalue weighted by Gasteiger charge is 2.43. The van der Waals surface area contributed by atoms with Gasteiger partial charge in [-0.2, -0.15) is 0 Å². The molecule has 0 spiro atoms. The van der Waals surface area contributed by atoms with Gasteiger partial charge in [0, 0.05) is 15.3 Å². The second-order valence-corrected chi connectivity index (χ2v) is 8.76. The van der Waals surface area contributed by atoms with Crippen molar-refractivity contribution in [3.63, 3.8) is 0 Å². The predicted molar refractivity (Wildman–Crippen MR) is 122 cm³/mol. The molecule has 3 nitrogen and oxygen atoms in total. The van der Waals surface area contributed by atoms with Gasteiger partial charge in [-0.15, -0.1) is 0 Å². The fraction of sp³-hybridized carbons (Fsp3) is 0.360. The minimum Gasteiger partial charge on any atom is -0.507 e. The summed E-state index contributed by atoms with van der Waals surface area (Å²) in [6.07, 6.45) is 4.26. The molecule has 0 aromatic heterocycles. The molecule has 0 radical (unpaired) electrons. The van der Waals surface area contributed by atoms with Gasteiger partial charge in [0.25, 0.3) is 0 Å². The smallest absolute Gasteiger partial charge is 0.161 e. The third-order valence-corrected chi connectivity index (χ3v) is 6.75. The minimum absolute atomic E-state index is 0.0865. The highest BCUT2D eigenvalue weighted by molar-refractivity contribution is 9.10. The van der Waals surface area contributed by atoms with Crippen molar-refractivity contribution < 1.29 is 14.6 Å². The first kappa shape index (κ1) is 20.1. The molecule has 1 N–H and O–H groups in total. The highest BCUT2D eigenvalue weighted by atomic mass is 79.9. The van der Waals surface area contributed by atoms with E-state index in [9.17, 15) is 5.11 Å². The Labute approximate surface area is 180 Å². The molecule has 0 saturated heterocycles. The molecule has 0 amide bonds. The third-order valence-electron chi connectivity index (χ3n) is 6.26. The molecule has 0 fully saturated rings. The quantitative estimate of drug-likeness (QED) is 0.428. The number of methoxy groups -OCH3 is 2.